The number of rotatable bonds is 5. The summed E-state index contributed by atoms with van der Waals surface area (Å²) in [6, 6.07) is 23.1. The third-order valence-electron chi connectivity index (χ3n) is 5.10. The predicted octanol–water partition coefficient (Wildman–Crippen LogP) is 6.85. The Bertz CT molecular complexity index is 1400. The van der Waals surface area contributed by atoms with Gasteiger partial charge in [0.1, 0.15) is 11.6 Å². The highest BCUT2D eigenvalue weighted by molar-refractivity contribution is 6.42. The van der Waals surface area contributed by atoms with Crippen LogP contribution in [0.1, 0.15) is 16.7 Å². The lowest BCUT2D eigenvalue weighted by atomic mass is 10.1. The van der Waals surface area contributed by atoms with Crippen molar-refractivity contribution in [3.05, 3.63) is 105 Å². The Balaban J connectivity index is 1.67. The first-order valence-electron chi connectivity index (χ1n) is 9.96. The Labute approximate surface area is 196 Å². The molecule has 0 saturated heterocycles. The van der Waals surface area contributed by atoms with Crippen molar-refractivity contribution in [2.45, 2.75) is 13.5 Å². The maximum Gasteiger partial charge on any atom is 0.266 e. The molecule has 32 heavy (non-hydrogen) atoms. The molecule has 0 unspecified atom stereocenters. The van der Waals surface area contributed by atoms with Gasteiger partial charge in [-0.3, -0.25) is 4.79 Å². The van der Waals surface area contributed by atoms with Gasteiger partial charge in [-0.2, -0.15) is 5.26 Å². The number of carbonyl (C=O) groups excluding carboxylic acids is 1. The molecule has 0 atom stereocenters. The summed E-state index contributed by atoms with van der Waals surface area (Å²) in [6.07, 6.45) is 3.58. The maximum atomic E-state index is 12.7. The van der Waals surface area contributed by atoms with Gasteiger partial charge in [-0.1, -0.05) is 71.2 Å². The fourth-order valence-electron chi connectivity index (χ4n) is 3.60. The number of nitrogens with one attached hydrogen (secondary N) is 1. The smallest absolute Gasteiger partial charge is 0.266 e. The summed E-state index contributed by atoms with van der Waals surface area (Å²) < 4.78 is 2.13. The zero-order valence-corrected chi connectivity index (χ0v) is 18.8. The summed E-state index contributed by atoms with van der Waals surface area (Å²) >= 11 is 11.9. The van der Waals surface area contributed by atoms with Crippen LogP contribution in [-0.4, -0.2) is 10.5 Å². The minimum Gasteiger partial charge on any atom is -0.342 e. The van der Waals surface area contributed by atoms with E-state index in [1.165, 1.54) is 11.1 Å². The van der Waals surface area contributed by atoms with Crippen molar-refractivity contribution in [1.29, 1.82) is 5.26 Å². The number of nitrogens with zero attached hydrogens (tertiary/aromatic N) is 2. The molecule has 0 aliphatic heterocycles. The van der Waals surface area contributed by atoms with E-state index >= 15 is 0 Å². The molecule has 0 radical (unpaired) electrons. The number of para-hydroxylation sites is 1. The number of carbonyl (C=O) groups is 1. The van der Waals surface area contributed by atoms with Gasteiger partial charge in [0.15, 0.2) is 0 Å². The van der Waals surface area contributed by atoms with Gasteiger partial charge in [0.05, 0.1) is 10.0 Å². The molecular weight excluding hydrogens is 441 g/mol. The second-order valence-corrected chi connectivity index (χ2v) is 8.29. The number of aromatic nitrogens is 1. The van der Waals surface area contributed by atoms with Crippen LogP contribution >= 0.6 is 23.2 Å². The second kappa shape index (κ2) is 9.32. The highest BCUT2D eigenvalue weighted by Gasteiger charge is 2.13. The Morgan fingerprint density at radius 3 is 2.62 bits per heavy atom. The molecule has 4 nitrogen and oxygen atoms in total. The van der Waals surface area contributed by atoms with Crippen molar-refractivity contribution in [3.63, 3.8) is 0 Å². The van der Waals surface area contributed by atoms with E-state index in [9.17, 15) is 10.1 Å². The summed E-state index contributed by atoms with van der Waals surface area (Å²) in [5.74, 6) is -0.513. The van der Waals surface area contributed by atoms with Crippen molar-refractivity contribution in [3.8, 4) is 6.07 Å². The Morgan fingerprint density at radius 1 is 1.06 bits per heavy atom. The molecule has 0 spiro atoms. The maximum absolute atomic E-state index is 12.7. The summed E-state index contributed by atoms with van der Waals surface area (Å²) in [7, 11) is 0. The quantitative estimate of drug-likeness (QED) is 0.262. The van der Waals surface area contributed by atoms with Crippen LogP contribution in [-0.2, 0) is 11.3 Å². The second-order valence-electron chi connectivity index (χ2n) is 7.47. The number of anilines is 1. The van der Waals surface area contributed by atoms with E-state index in [4.69, 9.17) is 23.2 Å². The van der Waals surface area contributed by atoms with Gasteiger partial charge < -0.3 is 9.88 Å². The first kappa shape index (κ1) is 21.7. The van der Waals surface area contributed by atoms with Gasteiger partial charge in [0.25, 0.3) is 5.91 Å². The molecule has 0 aliphatic carbocycles. The molecule has 3 aromatic carbocycles. The third kappa shape index (κ3) is 4.70. The largest absolute Gasteiger partial charge is 0.342 e. The molecule has 0 saturated carbocycles. The van der Waals surface area contributed by atoms with Crippen LogP contribution in [0.2, 0.25) is 10.0 Å². The minimum absolute atomic E-state index is 0.00506. The van der Waals surface area contributed by atoms with E-state index in [0.29, 0.717) is 22.3 Å². The third-order valence-corrected chi connectivity index (χ3v) is 5.84. The number of amides is 1. The first-order chi connectivity index (χ1) is 15.4. The average molecular weight is 460 g/mol. The van der Waals surface area contributed by atoms with Crippen molar-refractivity contribution in [2.24, 2.45) is 0 Å². The molecule has 1 N–H and O–H groups in total. The SMILES string of the molecule is Cc1cccc(Cn2cc(/C=C(/C#N)C(=O)Nc3ccc(Cl)c(Cl)c3)c3ccccc32)c1. The van der Waals surface area contributed by atoms with Crippen LogP contribution in [0, 0.1) is 18.3 Å². The molecule has 4 aromatic rings. The van der Waals surface area contributed by atoms with Crippen LogP contribution in [0.15, 0.2) is 78.5 Å². The van der Waals surface area contributed by atoms with Crippen molar-refractivity contribution < 1.29 is 4.79 Å². The minimum atomic E-state index is -0.513. The molecule has 0 fully saturated rings. The lowest BCUT2D eigenvalue weighted by Gasteiger charge is -2.06. The van der Waals surface area contributed by atoms with Crippen LogP contribution in [0.4, 0.5) is 5.69 Å². The van der Waals surface area contributed by atoms with E-state index in [1.54, 1.807) is 24.3 Å². The molecule has 1 amide bonds. The van der Waals surface area contributed by atoms with E-state index in [2.05, 4.69) is 35.0 Å². The van der Waals surface area contributed by atoms with E-state index < -0.39 is 5.91 Å². The summed E-state index contributed by atoms with van der Waals surface area (Å²) in [5.41, 5.74) is 4.67. The lowest BCUT2D eigenvalue weighted by Crippen LogP contribution is -2.13. The molecular formula is C26H19Cl2N3O. The molecule has 1 heterocycles. The number of halogens is 2. The van der Waals surface area contributed by atoms with Crippen molar-refractivity contribution >= 4 is 51.8 Å². The molecule has 0 aliphatic rings. The first-order valence-corrected chi connectivity index (χ1v) is 10.7. The van der Waals surface area contributed by atoms with Gasteiger partial charge in [0, 0.05) is 34.9 Å². The van der Waals surface area contributed by atoms with E-state index in [-0.39, 0.29) is 5.57 Å². The van der Waals surface area contributed by atoms with Crippen molar-refractivity contribution in [1.82, 2.24) is 4.57 Å². The predicted molar refractivity (Wildman–Crippen MR) is 131 cm³/mol. The number of fused-ring (bicyclic) bond motifs is 1. The average Bonchev–Trinajstić information content (AvgIpc) is 3.12. The Hall–Kier alpha value is -3.52. The normalized spacial score (nSPS) is 11.4. The number of nitriles is 1. The van der Waals surface area contributed by atoms with Gasteiger partial charge in [0.2, 0.25) is 0 Å². The standard InChI is InChI=1S/C26H19Cl2N3O/c1-17-5-4-6-18(11-17)15-31-16-20(22-7-2-3-8-25(22)31)12-19(14-29)26(32)30-21-9-10-23(27)24(28)13-21/h2-13,16H,15H2,1H3,(H,30,32)/b19-12-. The van der Waals surface area contributed by atoms with Crippen LogP contribution in [0.5, 0.6) is 0 Å². The number of benzene rings is 3. The fourth-order valence-corrected chi connectivity index (χ4v) is 3.90. The van der Waals surface area contributed by atoms with Crippen LogP contribution < -0.4 is 5.32 Å². The molecule has 4 rings (SSSR count). The Kier molecular flexibility index (Phi) is 6.32. The van der Waals surface area contributed by atoms with Gasteiger partial charge in [-0.25, -0.2) is 0 Å². The van der Waals surface area contributed by atoms with Crippen LogP contribution in [0.3, 0.4) is 0 Å². The monoisotopic (exact) mass is 459 g/mol. The number of hydrogen-bond donors (Lipinski definition) is 1. The zero-order chi connectivity index (χ0) is 22.7. The van der Waals surface area contributed by atoms with Crippen LogP contribution in [0.25, 0.3) is 17.0 Å². The van der Waals surface area contributed by atoms with Gasteiger partial charge in [-0.15, -0.1) is 0 Å². The topological polar surface area (TPSA) is 57.8 Å². The molecule has 1 aromatic heterocycles. The van der Waals surface area contributed by atoms with Crippen molar-refractivity contribution in [2.75, 3.05) is 5.32 Å². The summed E-state index contributed by atoms with van der Waals surface area (Å²) in [5, 5.41) is 14.0. The number of hydrogen-bond acceptors (Lipinski definition) is 2. The lowest BCUT2D eigenvalue weighted by molar-refractivity contribution is -0.112. The molecule has 0 bridgehead atoms. The fraction of sp³-hybridized carbons (Fsp3) is 0.0769. The highest BCUT2D eigenvalue weighted by atomic mass is 35.5. The molecule has 6 heteroatoms. The zero-order valence-electron chi connectivity index (χ0n) is 17.3. The van der Waals surface area contributed by atoms with Gasteiger partial charge in [-0.05, 0) is 42.8 Å². The number of aryl methyl sites for hydroxylation is 1. The van der Waals surface area contributed by atoms with E-state index in [0.717, 1.165) is 16.5 Å². The highest BCUT2D eigenvalue weighted by Crippen LogP contribution is 2.27. The summed E-state index contributed by atoms with van der Waals surface area (Å²) in [6.45, 7) is 2.75. The summed E-state index contributed by atoms with van der Waals surface area (Å²) in [4.78, 5) is 12.7. The van der Waals surface area contributed by atoms with E-state index in [1.807, 2.05) is 42.6 Å². The molecule has 158 valence electrons. The van der Waals surface area contributed by atoms with Gasteiger partial charge >= 0.3 is 0 Å². The Morgan fingerprint density at radius 2 is 1.88 bits per heavy atom.